The second kappa shape index (κ2) is 8.17. The third-order valence-electron chi connectivity index (χ3n) is 4.20. The Morgan fingerprint density at radius 3 is 2.43 bits per heavy atom. The zero-order valence-electron chi connectivity index (χ0n) is 13.5. The average Bonchev–Trinajstić information content (AvgIpc) is 2.98. The second-order valence-electron chi connectivity index (χ2n) is 5.74. The fraction of sp³-hybridized carbons (Fsp3) is 0.500. The molecular formula is C16H24ClN3O3. The van der Waals surface area contributed by atoms with Crippen molar-refractivity contribution in [3.05, 3.63) is 18.2 Å². The zero-order valence-corrected chi connectivity index (χ0v) is 14.3. The molecule has 23 heavy (non-hydrogen) atoms. The van der Waals surface area contributed by atoms with Crippen LogP contribution in [0.3, 0.4) is 0 Å². The number of hydrogen-bond donors (Lipinski definition) is 3. The maximum atomic E-state index is 12.5. The Morgan fingerprint density at radius 1 is 1.26 bits per heavy atom. The Bertz CT molecular complexity index is 572. The first-order valence-electron chi connectivity index (χ1n) is 7.48. The highest BCUT2D eigenvalue weighted by Crippen LogP contribution is 2.38. The smallest absolute Gasteiger partial charge is 0.231 e. The van der Waals surface area contributed by atoms with Crippen molar-refractivity contribution in [2.24, 2.45) is 11.1 Å². The van der Waals surface area contributed by atoms with Crippen LogP contribution in [0.2, 0.25) is 0 Å². The summed E-state index contributed by atoms with van der Waals surface area (Å²) in [4.78, 5) is 23.7. The van der Waals surface area contributed by atoms with Gasteiger partial charge in [-0.05, 0) is 25.0 Å². The molecule has 0 heterocycles. The van der Waals surface area contributed by atoms with Gasteiger partial charge in [-0.1, -0.05) is 12.8 Å². The number of benzene rings is 1. The first-order valence-corrected chi connectivity index (χ1v) is 7.48. The zero-order chi connectivity index (χ0) is 16.2. The van der Waals surface area contributed by atoms with Crippen molar-refractivity contribution >= 4 is 35.6 Å². The highest BCUT2D eigenvalue weighted by Gasteiger charge is 2.39. The van der Waals surface area contributed by atoms with Gasteiger partial charge in [-0.2, -0.15) is 0 Å². The van der Waals surface area contributed by atoms with E-state index in [1.54, 1.807) is 18.2 Å². The molecule has 0 aliphatic heterocycles. The molecule has 0 bridgehead atoms. The van der Waals surface area contributed by atoms with Crippen LogP contribution >= 0.6 is 12.4 Å². The van der Waals surface area contributed by atoms with E-state index in [-0.39, 0.29) is 24.2 Å². The maximum absolute atomic E-state index is 12.5. The van der Waals surface area contributed by atoms with E-state index in [4.69, 9.17) is 10.5 Å². The Balaban J connectivity index is 0.00000264. The van der Waals surface area contributed by atoms with Gasteiger partial charge in [-0.25, -0.2) is 0 Å². The van der Waals surface area contributed by atoms with E-state index in [1.807, 2.05) is 0 Å². The highest BCUT2D eigenvalue weighted by molar-refractivity contribution is 5.97. The summed E-state index contributed by atoms with van der Waals surface area (Å²) in [5, 5.41) is 5.60. The van der Waals surface area contributed by atoms with Crippen LogP contribution in [-0.2, 0) is 9.59 Å². The minimum Gasteiger partial charge on any atom is -0.494 e. The van der Waals surface area contributed by atoms with E-state index in [0.717, 1.165) is 25.7 Å². The van der Waals surface area contributed by atoms with Gasteiger partial charge >= 0.3 is 0 Å². The predicted molar refractivity (Wildman–Crippen MR) is 93.1 cm³/mol. The summed E-state index contributed by atoms with van der Waals surface area (Å²) in [6.45, 7) is 1.79. The first kappa shape index (κ1) is 19.3. The largest absolute Gasteiger partial charge is 0.494 e. The van der Waals surface area contributed by atoms with Crippen molar-refractivity contribution in [3.8, 4) is 5.75 Å². The number of hydrogen-bond acceptors (Lipinski definition) is 4. The number of methoxy groups -OCH3 is 1. The molecule has 0 spiro atoms. The van der Waals surface area contributed by atoms with Crippen LogP contribution in [-0.4, -0.2) is 25.5 Å². The van der Waals surface area contributed by atoms with E-state index in [2.05, 4.69) is 10.6 Å². The molecule has 1 saturated carbocycles. The molecule has 4 N–H and O–H groups in total. The molecule has 1 aromatic carbocycles. The fourth-order valence-electron chi connectivity index (χ4n) is 2.90. The van der Waals surface area contributed by atoms with Crippen molar-refractivity contribution in [3.63, 3.8) is 0 Å². The summed E-state index contributed by atoms with van der Waals surface area (Å²) < 4.78 is 5.25. The second-order valence-corrected chi connectivity index (χ2v) is 5.74. The molecule has 0 aromatic heterocycles. The maximum Gasteiger partial charge on any atom is 0.231 e. The van der Waals surface area contributed by atoms with Crippen LogP contribution in [0.5, 0.6) is 5.75 Å². The molecule has 6 nitrogen and oxygen atoms in total. The lowest BCUT2D eigenvalue weighted by molar-refractivity contribution is -0.124. The van der Waals surface area contributed by atoms with Crippen LogP contribution in [0.4, 0.5) is 11.4 Å². The first-order chi connectivity index (χ1) is 10.5. The van der Waals surface area contributed by atoms with Gasteiger partial charge in [0.2, 0.25) is 11.8 Å². The molecule has 1 aromatic rings. The topological polar surface area (TPSA) is 93.4 Å². The summed E-state index contributed by atoms with van der Waals surface area (Å²) in [6.07, 6.45) is 3.73. The molecule has 0 radical (unpaired) electrons. The summed E-state index contributed by atoms with van der Waals surface area (Å²) in [5.41, 5.74) is 6.58. The third-order valence-corrected chi connectivity index (χ3v) is 4.20. The molecular weight excluding hydrogens is 318 g/mol. The van der Waals surface area contributed by atoms with Crippen molar-refractivity contribution in [1.29, 1.82) is 0 Å². The monoisotopic (exact) mass is 341 g/mol. The van der Waals surface area contributed by atoms with Gasteiger partial charge in [0, 0.05) is 25.2 Å². The summed E-state index contributed by atoms with van der Waals surface area (Å²) in [6, 6.07) is 5.15. The molecule has 128 valence electrons. The van der Waals surface area contributed by atoms with Crippen LogP contribution in [0.15, 0.2) is 18.2 Å². The molecule has 1 fully saturated rings. The number of nitrogens with one attached hydrogen (secondary N) is 2. The minimum atomic E-state index is -0.455. The van der Waals surface area contributed by atoms with E-state index >= 15 is 0 Å². The van der Waals surface area contributed by atoms with Crippen molar-refractivity contribution in [1.82, 2.24) is 0 Å². The summed E-state index contributed by atoms with van der Waals surface area (Å²) >= 11 is 0. The minimum absolute atomic E-state index is 0. The van der Waals surface area contributed by atoms with Gasteiger partial charge in [-0.15, -0.1) is 12.4 Å². The van der Waals surface area contributed by atoms with E-state index in [9.17, 15) is 9.59 Å². The molecule has 2 amide bonds. The van der Waals surface area contributed by atoms with E-state index in [1.165, 1.54) is 14.0 Å². The van der Waals surface area contributed by atoms with Gasteiger partial charge in [0.05, 0.1) is 18.2 Å². The van der Waals surface area contributed by atoms with Crippen molar-refractivity contribution in [2.75, 3.05) is 24.3 Å². The number of rotatable bonds is 5. The number of carbonyl (C=O) groups is 2. The van der Waals surface area contributed by atoms with Crippen molar-refractivity contribution in [2.45, 2.75) is 32.6 Å². The summed E-state index contributed by atoms with van der Waals surface area (Å²) in [5.74, 6) is 0.283. The highest BCUT2D eigenvalue weighted by atomic mass is 35.5. The lowest BCUT2D eigenvalue weighted by Gasteiger charge is -2.26. The van der Waals surface area contributed by atoms with Gasteiger partial charge in [0.15, 0.2) is 0 Å². The molecule has 0 unspecified atom stereocenters. The van der Waals surface area contributed by atoms with Crippen LogP contribution in [0.1, 0.15) is 32.6 Å². The summed E-state index contributed by atoms with van der Waals surface area (Å²) in [7, 11) is 1.52. The fourth-order valence-corrected chi connectivity index (χ4v) is 2.90. The van der Waals surface area contributed by atoms with Gasteiger partial charge in [0.1, 0.15) is 5.75 Å². The lowest BCUT2D eigenvalue weighted by atomic mass is 9.85. The molecule has 1 aliphatic carbocycles. The number of amides is 2. The van der Waals surface area contributed by atoms with Crippen LogP contribution < -0.4 is 21.1 Å². The van der Waals surface area contributed by atoms with E-state index in [0.29, 0.717) is 23.7 Å². The Hall–Kier alpha value is -1.79. The third kappa shape index (κ3) is 4.36. The molecule has 2 rings (SSSR count). The number of nitrogens with two attached hydrogens (primary N) is 1. The predicted octanol–water partition coefficient (Wildman–Crippen LogP) is 2.53. The Morgan fingerprint density at radius 2 is 1.91 bits per heavy atom. The Labute approximate surface area is 142 Å². The average molecular weight is 342 g/mol. The van der Waals surface area contributed by atoms with Crippen molar-refractivity contribution < 1.29 is 14.3 Å². The van der Waals surface area contributed by atoms with Gasteiger partial charge < -0.3 is 21.1 Å². The van der Waals surface area contributed by atoms with Crippen LogP contribution in [0.25, 0.3) is 0 Å². The normalized spacial score (nSPS) is 15.4. The van der Waals surface area contributed by atoms with Crippen LogP contribution in [0, 0.1) is 5.41 Å². The Kier molecular flexibility index (Phi) is 6.84. The molecule has 1 aliphatic rings. The number of halogens is 1. The molecule has 0 saturated heterocycles. The quantitative estimate of drug-likeness (QED) is 0.767. The lowest BCUT2D eigenvalue weighted by Crippen LogP contribution is -2.40. The number of anilines is 2. The standard InChI is InChI=1S/C16H23N3O3.ClH/c1-11(20)18-13-6-5-12(9-14(13)22-2)19-15(21)16(10-17)7-3-4-8-16;/h5-6,9H,3-4,7-8,10,17H2,1-2H3,(H,18,20)(H,19,21);1H. The SMILES string of the molecule is COc1cc(NC(=O)C2(CN)CCCC2)ccc1NC(C)=O.Cl. The van der Waals surface area contributed by atoms with Gasteiger partial charge in [-0.3, -0.25) is 9.59 Å². The van der Waals surface area contributed by atoms with Gasteiger partial charge in [0.25, 0.3) is 0 Å². The number of ether oxygens (including phenoxy) is 1. The van der Waals surface area contributed by atoms with E-state index < -0.39 is 5.41 Å². The number of carbonyl (C=O) groups excluding carboxylic acids is 2. The molecule has 7 heteroatoms. The molecule has 0 atom stereocenters.